The summed E-state index contributed by atoms with van der Waals surface area (Å²) in [5, 5.41) is 13.5. The van der Waals surface area contributed by atoms with Gasteiger partial charge >= 0.3 is 0 Å². The molecule has 15 heavy (non-hydrogen) atoms. The van der Waals surface area contributed by atoms with Crippen LogP contribution in [0.5, 0.6) is 0 Å². The maximum absolute atomic E-state index is 9.46. The Morgan fingerprint density at radius 2 is 2.27 bits per heavy atom. The number of aliphatic hydroxyl groups excluding tert-OH is 1. The molecule has 0 bridgehead atoms. The molecule has 0 unspecified atom stereocenters. The van der Waals surface area contributed by atoms with Gasteiger partial charge in [-0.1, -0.05) is 22.0 Å². The molecule has 1 heterocycles. The van der Waals surface area contributed by atoms with Gasteiger partial charge in [0.2, 0.25) is 0 Å². The number of aliphatic hydroxyl groups is 1. The molecule has 1 atom stereocenters. The fraction of sp³-hybridized carbons (Fsp3) is 0.200. The topological polar surface area (TPSA) is 50.9 Å². The molecule has 78 valence electrons. The third-order valence-electron chi connectivity index (χ3n) is 2.12. The lowest BCUT2D eigenvalue weighted by molar-refractivity contribution is 0.198. The first kappa shape index (κ1) is 10.3. The highest BCUT2D eigenvalue weighted by Gasteiger charge is 2.07. The summed E-state index contributed by atoms with van der Waals surface area (Å²) in [5.41, 5.74) is 1.77. The summed E-state index contributed by atoms with van der Waals surface area (Å²) < 4.78 is 2.53. The first-order valence-corrected chi connectivity index (χ1v) is 5.30. The third-order valence-corrected chi connectivity index (χ3v) is 2.80. The van der Waals surface area contributed by atoms with E-state index in [0.29, 0.717) is 0 Å². The predicted octanol–water partition coefficient (Wildman–Crippen LogP) is 2.08. The van der Waals surface area contributed by atoms with Gasteiger partial charge in [-0.15, -0.1) is 0 Å². The number of halogens is 1. The van der Waals surface area contributed by atoms with E-state index >= 15 is 0 Å². The monoisotopic (exact) mass is 267 g/mol. The molecule has 0 saturated carbocycles. The van der Waals surface area contributed by atoms with Gasteiger partial charge in [-0.3, -0.25) is 0 Å². The molecule has 1 N–H and O–H groups in total. The summed E-state index contributed by atoms with van der Waals surface area (Å²) in [4.78, 5) is 3.87. The average molecular weight is 268 g/mol. The number of aromatic nitrogens is 3. The molecule has 0 amide bonds. The molecule has 0 aliphatic carbocycles. The molecule has 0 saturated heterocycles. The molecular weight excluding hydrogens is 258 g/mol. The lowest BCUT2D eigenvalue weighted by atomic mass is 10.1. The molecular formula is C10H10BrN3O. The van der Waals surface area contributed by atoms with Gasteiger partial charge in [-0.25, -0.2) is 9.67 Å². The van der Waals surface area contributed by atoms with E-state index in [1.807, 2.05) is 18.2 Å². The molecule has 0 radical (unpaired) electrons. The van der Waals surface area contributed by atoms with E-state index in [4.69, 9.17) is 0 Å². The second-order valence-electron chi connectivity index (χ2n) is 3.22. The minimum Gasteiger partial charge on any atom is -0.389 e. The van der Waals surface area contributed by atoms with E-state index in [-0.39, 0.29) is 0 Å². The summed E-state index contributed by atoms with van der Waals surface area (Å²) >= 11 is 3.41. The van der Waals surface area contributed by atoms with Crippen LogP contribution in [0.2, 0.25) is 0 Å². The number of rotatable bonds is 2. The molecule has 4 nitrogen and oxygen atoms in total. The first-order valence-electron chi connectivity index (χ1n) is 4.51. The van der Waals surface area contributed by atoms with Crippen LogP contribution in [0.25, 0.3) is 5.69 Å². The highest BCUT2D eigenvalue weighted by atomic mass is 79.9. The van der Waals surface area contributed by atoms with Crippen molar-refractivity contribution in [1.29, 1.82) is 0 Å². The molecule has 0 fully saturated rings. The van der Waals surface area contributed by atoms with Crippen LogP contribution in [0.15, 0.2) is 35.3 Å². The van der Waals surface area contributed by atoms with E-state index in [1.54, 1.807) is 17.9 Å². The summed E-state index contributed by atoms with van der Waals surface area (Å²) in [6.45, 7) is 1.73. The smallest absolute Gasteiger partial charge is 0.138 e. The lowest BCUT2D eigenvalue weighted by Crippen LogP contribution is -1.97. The number of hydrogen-bond donors (Lipinski definition) is 1. The van der Waals surface area contributed by atoms with Crippen LogP contribution >= 0.6 is 15.9 Å². The molecule has 0 aliphatic heterocycles. The maximum atomic E-state index is 9.46. The Bertz CT molecular complexity index is 454. The van der Waals surface area contributed by atoms with Crippen LogP contribution in [0.3, 0.4) is 0 Å². The van der Waals surface area contributed by atoms with Gasteiger partial charge in [0.15, 0.2) is 0 Å². The van der Waals surface area contributed by atoms with Crippen LogP contribution in [0.4, 0.5) is 0 Å². The van der Waals surface area contributed by atoms with Gasteiger partial charge in [-0.2, -0.15) is 5.10 Å². The molecule has 0 aliphatic rings. The fourth-order valence-electron chi connectivity index (χ4n) is 1.34. The second-order valence-corrected chi connectivity index (χ2v) is 4.08. The first-order chi connectivity index (χ1) is 7.18. The Balaban J connectivity index is 2.42. The van der Waals surface area contributed by atoms with Crippen molar-refractivity contribution >= 4 is 15.9 Å². The van der Waals surface area contributed by atoms with E-state index in [0.717, 1.165) is 15.7 Å². The summed E-state index contributed by atoms with van der Waals surface area (Å²) in [6.07, 6.45) is 2.63. The van der Waals surface area contributed by atoms with E-state index in [2.05, 4.69) is 26.0 Å². The normalized spacial score (nSPS) is 12.7. The van der Waals surface area contributed by atoms with Gasteiger partial charge in [0.1, 0.15) is 12.7 Å². The van der Waals surface area contributed by atoms with Crippen LogP contribution in [0, 0.1) is 0 Å². The van der Waals surface area contributed by atoms with Crippen molar-refractivity contribution < 1.29 is 5.11 Å². The summed E-state index contributed by atoms with van der Waals surface area (Å²) in [5.74, 6) is 0. The van der Waals surface area contributed by atoms with Crippen LogP contribution < -0.4 is 0 Å². The van der Waals surface area contributed by atoms with Crippen LogP contribution in [-0.2, 0) is 0 Å². The standard InChI is InChI=1S/C10H10BrN3O/c1-7(15)9-3-2-8(4-10(9)11)14-6-12-5-13-14/h2-7,15H,1H3/t7-/m1/s1. The highest BCUT2D eigenvalue weighted by molar-refractivity contribution is 9.10. The Kier molecular flexibility index (Phi) is 2.83. The van der Waals surface area contributed by atoms with Crippen molar-refractivity contribution in [2.45, 2.75) is 13.0 Å². The van der Waals surface area contributed by atoms with Crippen molar-refractivity contribution in [2.24, 2.45) is 0 Å². The maximum Gasteiger partial charge on any atom is 0.138 e. The Morgan fingerprint density at radius 1 is 1.47 bits per heavy atom. The lowest BCUT2D eigenvalue weighted by Gasteiger charge is -2.09. The molecule has 1 aromatic heterocycles. The average Bonchev–Trinajstić information content (AvgIpc) is 2.69. The van der Waals surface area contributed by atoms with Crippen LogP contribution in [0.1, 0.15) is 18.6 Å². The predicted molar refractivity (Wildman–Crippen MR) is 59.7 cm³/mol. The molecule has 5 heteroatoms. The van der Waals surface area contributed by atoms with Crippen molar-refractivity contribution in [3.8, 4) is 5.69 Å². The zero-order valence-corrected chi connectivity index (χ0v) is 9.72. The SMILES string of the molecule is C[C@@H](O)c1ccc(-n2cncn2)cc1Br. The minimum atomic E-state index is -0.482. The largest absolute Gasteiger partial charge is 0.389 e. The Hall–Kier alpha value is -1.20. The minimum absolute atomic E-state index is 0.482. The van der Waals surface area contributed by atoms with Gasteiger partial charge in [0.05, 0.1) is 11.8 Å². The fourth-order valence-corrected chi connectivity index (χ4v) is 2.04. The van der Waals surface area contributed by atoms with E-state index < -0.39 is 6.10 Å². The summed E-state index contributed by atoms with van der Waals surface area (Å²) in [6, 6.07) is 5.66. The Morgan fingerprint density at radius 3 is 2.80 bits per heavy atom. The summed E-state index contributed by atoms with van der Waals surface area (Å²) in [7, 11) is 0. The molecule has 2 rings (SSSR count). The van der Waals surface area contributed by atoms with Gasteiger partial charge in [0.25, 0.3) is 0 Å². The van der Waals surface area contributed by atoms with Crippen molar-refractivity contribution in [3.63, 3.8) is 0 Å². The zero-order chi connectivity index (χ0) is 10.8. The second kappa shape index (κ2) is 4.12. The number of hydrogen-bond acceptors (Lipinski definition) is 3. The van der Waals surface area contributed by atoms with E-state index in [1.165, 1.54) is 6.33 Å². The van der Waals surface area contributed by atoms with Gasteiger partial charge in [-0.05, 0) is 24.6 Å². The number of nitrogens with zero attached hydrogens (tertiary/aromatic N) is 3. The molecule has 2 aromatic rings. The Labute approximate surface area is 95.7 Å². The van der Waals surface area contributed by atoms with Gasteiger partial charge < -0.3 is 5.11 Å². The van der Waals surface area contributed by atoms with Crippen molar-refractivity contribution in [2.75, 3.05) is 0 Å². The van der Waals surface area contributed by atoms with E-state index in [9.17, 15) is 5.11 Å². The van der Waals surface area contributed by atoms with Gasteiger partial charge in [0, 0.05) is 4.47 Å². The quantitative estimate of drug-likeness (QED) is 0.907. The van der Waals surface area contributed by atoms with Crippen molar-refractivity contribution in [3.05, 3.63) is 40.9 Å². The molecule has 1 aromatic carbocycles. The number of benzene rings is 1. The third kappa shape index (κ3) is 2.08. The zero-order valence-electron chi connectivity index (χ0n) is 8.13. The van der Waals surface area contributed by atoms with Crippen LogP contribution in [-0.4, -0.2) is 19.9 Å². The highest BCUT2D eigenvalue weighted by Crippen LogP contribution is 2.25. The molecule has 0 spiro atoms. The van der Waals surface area contributed by atoms with Crippen molar-refractivity contribution in [1.82, 2.24) is 14.8 Å².